The lowest BCUT2D eigenvalue weighted by Gasteiger charge is -2.01. The molecule has 0 atom stereocenters. The second-order valence-electron chi connectivity index (χ2n) is 5.03. The Balaban J connectivity index is 1.55. The highest BCUT2D eigenvalue weighted by molar-refractivity contribution is 7.98. The first-order valence-electron chi connectivity index (χ1n) is 7.38. The molecule has 0 aliphatic heterocycles. The molecule has 0 aliphatic carbocycles. The molecule has 0 aliphatic rings. The van der Waals surface area contributed by atoms with E-state index in [1.165, 1.54) is 23.5 Å². The molecule has 1 N–H and O–H groups in total. The van der Waals surface area contributed by atoms with Crippen molar-refractivity contribution in [2.75, 3.05) is 0 Å². The molecule has 2 aromatic heterocycles. The summed E-state index contributed by atoms with van der Waals surface area (Å²) in [6.45, 7) is 0.268. The number of hydrogen-bond donors (Lipinski definition) is 1. The van der Waals surface area contributed by atoms with Gasteiger partial charge in [0.25, 0.3) is 11.7 Å². The molecule has 0 unspecified atom stereocenters. The number of nitrogens with zero attached hydrogens (tertiary/aromatic N) is 1. The van der Waals surface area contributed by atoms with Crippen molar-refractivity contribution in [1.82, 2.24) is 10.3 Å². The third kappa shape index (κ3) is 4.90. The van der Waals surface area contributed by atoms with Gasteiger partial charge in [-0.05, 0) is 12.1 Å². The number of furan rings is 1. The van der Waals surface area contributed by atoms with Crippen LogP contribution in [0.4, 0.5) is 8.78 Å². The van der Waals surface area contributed by atoms with E-state index in [9.17, 15) is 13.6 Å². The minimum Gasteiger partial charge on any atom is -0.455 e. The number of amides is 1. The van der Waals surface area contributed by atoms with Gasteiger partial charge in [-0.15, -0.1) is 11.3 Å². The van der Waals surface area contributed by atoms with Crippen molar-refractivity contribution in [2.24, 2.45) is 0 Å². The molecule has 0 bridgehead atoms. The molecule has 4 nitrogen and oxygen atoms in total. The molecule has 0 fully saturated rings. The van der Waals surface area contributed by atoms with E-state index in [0.29, 0.717) is 17.5 Å². The van der Waals surface area contributed by atoms with Crippen LogP contribution in [0.5, 0.6) is 0 Å². The van der Waals surface area contributed by atoms with E-state index in [0.717, 1.165) is 16.3 Å². The summed E-state index contributed by atoms with van der Waals surface area (Å²) in [6.07, 6.45) is 0. The highest BCUT2D eigenvalue weighted by Gasteiger charge is 2.13. The van der Waals surface area contributed by atoms with Crippen molar-refractivity contribution < 1.29 is 18.0 Å². The number of rotatable bonds is 7. The van der Waals surface area contributed by atoms with Crippen molar-refractivity contribution in [3.05, 3.63) is 65.1 Å². The van der Waals surface area contributed by atoms with E-state index in [-0.39, 0.29) is 18.1 Å². The lowest BCUT2D eigenvalue weighted by molar-refractivity contribution is 0.0921. The molecule has 1 amide bonds. The fourth-order valence-electron chi connectivity index (χ4n) is 2.08. The zero-order valence-electron chi connectivity index (χ0n) is 12.9. The number of benzene rings is 1. The Labute approximate surface area is 151 Å². The second-order valence-corrected chi connectivity index (χ2v) is 6.87. The quantitative estimate of drug-likeness (QED) is 0.640. The number of thioether (sulfide) groups is 1. The largest absolute Gasteiger partial charge is 0.455 e. The number of carbonyl (C=O) groups excluding carboxylic acids is 1. The number of alkyl halides is 2. The first kappa shape index (κ1) is 17.6. The summed E-state index contributed by atoms with van der Waals surface area (Å²) in [4.78, 5) is 16.5. The molecule has 0 spiro atoms. The van der Waals surface area contributed by atoms with Crippen molar-refractivity contribution in [3.8, 4) is 10.6 Å². The Hall–Kier alpha value is -2.19. The van der Waals surface area contributed by atoms with E-state index >= 15 is 0 Å². The summed E-state index contributed by atoms with van der Waals surface area (Å²) in [5.41, 5.74) is 1.77. The van der Waals surface area contributed by atoms with E-state index in [1.54, 1.807) is 0 Å². The van der Waals surface area contributed by atoms with Crippen LogP contribution in [-0.4, -0.2) is 16.6 Å². The number of thiazole rings is 1. The van der Waals surface area contributed by atoms with Gasteiger partial charge in [-0.1, -0.05) is 42.1 Å². The third-order valence-corrected chi connectivity index (χ3v) is 4.88. The van der Waals surface area contributed by atoms with Crippen LogP contribution >= 0.6 is 23.1 Å². The lowest BCUT2D eigenvalue weighted by Crippen LogP contribution is -2.22. The van der Waals surface area contributed by atoms with E-state index in [2.05, 4.69) is 10.3 Å². The number of aromatic nitrogens is 1. The van der Waals surface area contributed by atoms with Gasteiger partial charge in [0.15, 0.2) is 5.76 Å². The SMILES string of the molecule is O=C(NCc1csc(-c2ccccc2)n1)c1ccc(CSC(F)F)o1. The van der Waals surface area contributed by atoms with Crippen LogP contribution in [0.25, 0.3) is 10.6 Å². The molecule has 130 valence electrons. The number of hydrogen-bond acceptors (Lipinski definition) is 5. The van der Waals surface area contributed by atoms with Crippen LogP contribution in [0.1, 0.15) is 22.0 Å². The Kier molecular flexibility index (Phi) is 5.83. The van der Waals surface area contributed by atoms with Crippen molar-refractivity contribution in [1.29, 1.82) is 0 Å². The average molecular weight is 380 g/mol. The summed E-state index contributed by atoms with van der Waals surface area (Å²) in [7, 11) is 0. The Morgan fingerprint density at radius 2 is 2.04 bits per heavy atom. The van der Waals surface area contributed by atoms with Crippen LogP contribution < -0.4 is 5.32 Å². The predicted molar refractivity (Wildman–Crippen MR) is 94.7 cm³/mol. The Bertz CT molecular complexity index is 834. The molecule has 0 saturated heterocycles. The standard InChI is InChI=1S/C17H14F2N2O2S2/c18-17(19)25-10-13-6-7-14(23-13)15(22)20-8-12-9-24-16(21-12)11-4-2-1-3-5-11/h1-7,9,17H,8,10H2,(H,20,22). The molecule has 0 radical (unpaired) electrons. The summed E-state index contributed by atoms with van der Waals surface area (Å²) in [5.74, 6) is -2.40. The van der Waals surface area contributed by atoms with Crippen molar-refractivity contribution in [2.45, 2.75) is 18.1 Å². The fourth-order valence-corrected chi connectivity index (χ4v) is 3.35. The molecular formula is C17H14F2N2O2S2. The first-order chi connectivity index (χ1) is 12.1. The normalized spacial score (nSPS) is 11.0. The van der Waals surface area contributed by atoms with Gasteiger partial charge in [0, 0.05) is 10.9 Å². The van der Waals surface area contributed by atoms with Crippen molar-refractivity contribution in [3.63, 3.8) is 0 Å². The molecule has 8 heteroatoms. The highest BCUT2D eigenvalue weighted by Crippen LogP contribution is 2.23. The molecule has 1 aromatic carbocycles. The number of nitrogens with one attached hydrogen (secondary N) is 1. The third-order valence-electron chi connectivity index (χ3n) is 3.24. The topological polar surface area (TPSA) is 55.1 Å². The summed E-state index contributed by atoms with van der Waals surface area (Å²) < 4.78 is 29.6. The van der Waals surface area contributed by atoms with Crippen LogP contribution in [0.3, 0.4) is 0 Å². The molecular weight excluding hydrogens is 366 g/mol. The van der Waals surface area contributed by atoms with Crippen LogP contribution in [0.2, 0.25) is 0 Å². The van der Waals surface area contributed by atoms with Crippen LogP contribution in [0, 0.1) is 0 Å². The van der Waals surface area contributed by atoms with E-state index in [4.69, 9.17) is 4.42 Å². The van der Waals surface area contributed by atoms with E-state index < -0.39 is 11.7 Å². The summed E-state index contributed by atoms with van der Waals surface area (Å²) in [5, 5.41) is 5.48. The molecule has 0 saturated carbocycles. The minimum absolute atomic E-state index is 0.0253. The summed E-state index contributed by atoms with van der Waals surface area (Å²) in [6, 6.07) is 12.8. The molecule has 3 rings (SSSR count). The van der Waals surface area contributed by atoms with Gasteiger partial charge < -0.3 is 9.73 Å². The monoisotopic (exact) mass is 380 g/mol. The minimum atomic E-state index is -2.47. The molecule has 3 aromatic rings. The van der Waals surface area contributed by atoms with Crippen molar-refractivity contribution >= 4 is 29.0 Å². The van der Waals surface area contributed by atoms with Gasteiger partial charge in [0.1, 0.15) is 10.8 Å². The Morgan fingerprint density at radius 3 is 2.80 bits per heavy atom. The average Bonchev–Trinajstić information content (AvgIpc) is 3.28. The maximum absolute atomic E-state index is 12.2. The van der Waals surface area contributed by atoms with Gasteiger partial charge in [0.05, 0.1) is 18.0 Å². The maximum Gasteiger partial charge on any atom is 0.287 e. The maximum atomic E-state index is 12.2. The second kappa shape index (κ2) is 8.26. The first-order valence-corrected chi connectivity index (χ1v) is 9.31. The van der Waals surface area contributed by atoms with Gasteiger partial charge in [-0.2, -0.15) is 8.78 Å². The van der Waals surface area contributed by atoms with Gasteiger partial charge >= 0.3 is 0 Å². The van der Waals surface area contributed by atoms with Gasteiger partial charge in [-0.25, -0.2) is 4.98 Å². The predicted octanol–water partition coefficient (Wildman–Crippen LogP) is 4.79. The molecule has 25 heavy (non-hydrogen) atoms. The zero-order chi connectivity index (χ0) is 17.6. The van der Waals surface area contributed by atoms with Gasteiger partial charge in [-0.3, -0.25) is 4.79 Å². The molecule has 2 heterocycles. The fraction of sp³-hybridized carbons (Fsp3) is 0.176. The van der Waals surface area contributed by atoms with Gasteiger partial charge in [0.2, 0.25) is 0 Å². The summed E-state index contributed by atoms with van der Waals surface area (Å²) >= 11 is 1.96. The lowest BCUT2D eigenvalue weighted by atomic mass is 10.2. The Morgan fingerprint density at radius 1 is 1.24 bits per heavy atom. The number of halogens is 2. The highest BCUT2D eigenvalue weighted by atomic mass is 32.2. The van der Waals surface area contributed by atoms with Crippen LogP contribution in [-0.2, 0) is 12.3 Å². The van der Waals surface area contributed by atoms with E-state index in [1.807, 2.05) is 35.7 Å². The zero-order valence-corrected chi connectivity index (χ0v) is 14.6. The smallest absolute Gasteiger partial charge is 0.287 e. The van der Waals surface area contributed by atoms with Crippen LogP contribution in [0.15, 0.2) is 52.3 Å². The number of carbonyl (C=O) groups is 1.